The Morgan fingerprint density at radius 1 is 1.11 bits per heavy atom. The average Bonchev–Trinajstić information content (AvgIpc) is 3.18. The monoisotopic (exact) mass is 376 g/mol. The molecule has 0 aliphatic carbocycles. The summed E-state index contributed by atoms with van der Waals surface area (Å²) < 4.78 is 5.86. The van der Waals surface area contributed by atoms with Crippen LogP contribution in [0.1, 0.15) is 54.8 Å². The predicted molar refractivity (Wildman–Crippen MR) is 112 cm³/mol. The highest BCUT2D eigenvalue weighted by molar-refractivity contribution is 5.76. The second-order valence-electron chi connectivity index (χ2n) is 7.24. The summed E-state index contributed by atoms with van der Waals surface area (Å²) >= 11 is 0. The van der Waals surface area contributed by atoms with Crippen LogP contribution in [0, 0.1) is 13.8 Å². The van der Waals surface area contributed by atoms with Gasteiger partial charge in [-0.2, -0.15) is 0 Å². The van der Waals surface area contributed by atoms with E-state index in [2.05, 4.69) is 55.3 Å². The molecule has 0 unspecified atom stereocenters. The first-order chi connectivity index (χ1) is 13.6. The highest BCUT2D eigenvalue weighted by atomic mass is 16.4. The van der Waals surface area contributed by atoms with Gasteiger partial charge < -0.3 is 9.73 Å². The molecule has 1 aromatic heterocycles. The number of amides is 1. The Hall–Kier alpha value is -2.88. The van der Waals surface area contributed by atoms with E-state index in [-0.39, 0.29) is 11.9 Å². The summed E-state index contributed by atoms with van der Waals surface area (Å²) in [6.45, 7) is 6.30. The molecule has 3 rings (SSSR count). The molecule has 0 aliphatic heterocycles. The molecule has 1 heterocycles. The molecule has 146 valence electrons. The molecule has 1 atom stereocenters. The van der Waals surface area contributed by atoms with Crippen LogP contribution in [-0.2, 0) is 11.2 Å². The van der Waals surface area contributed by atoms with Crippen molar-refractivity contribution in [2.75, 3.05) is 0 Å². The van der Waals surface area contributed by atoms with E-state index in [4.69, 9.17) is 4.42 Å². The summed E-state index contributed by atoms with van der Waals surface area (Å²) in [6.07, 6.45) is 4.52. The third-order valence-electron chi connectivity index (χ3n) is 5.03. The van der Waals surface area contributed by atoms with Crippen LogP contribution in [-0.4, -0.2) is 10.9 Å². The molecule has 4 heteroatoms. The lowest BCUT2D eigenvalue weighted by Gasteiger charge is -2.18. The van der Waals surface area contributed by atoms with Gasteiger partial charge >= 0.3 is 0 Å². The van der Waals surface area contributed by atoms with E-state index in [9.17, 15) is 4.79 Å². The quantitative estimate of drug-likeness (QED) is 0.561. The summed E-state index contributed by atoms with van der Waals surface area (Å²) in [7, 11) is 0. The molecule has 0 radical (unpaired) electrons. The number of hydrogen-bond acceptors (Lipinski definition) is 3. The Kier molecular flexibility index (Phi) is 6.64. The van der Waals surface area contributed by atoms with Gasteiger partial charge in [0.1, 0.15) is 0 Å². The van der Waals surface area contributed by atoms with Crippen molar-refractivity contribution in [3.05, 3.63) is 77.3 Å². The van der Waals surface area contributed by atoms with Crippen molar-refractivity contribution >= 4 is 5.91 Å². The summed E-state index contributed by atoms with van der Waals surface area (Å²) in [5.41, 5.74) is 4.63. The number of hydrogen-bond donors (Lipinski definition) is 1. The Morgan fingerprint density at radius 2 is 1.89 bits per heavy atom. The summed E-state index contributed by atoms with van der Waals surface area (Å²) in [5, 5.41) is 3.15. The van der Waals surface area contributed by atoms with Gasteiger partial charge in [0.25, 0.3) is 0 Å². The van der Waals surface area contributed by atoms with E-state index in [1.54, 1.807) is 6.20 Å². The predicted octanol–water partition coefficient (Wildman–Crippen LogP) is 5.55. The zero-order valence-corrected chi connectivity index (χ0v) is 16.9. The average molecular weight is 377 g/mol. The van der Waals surface area contributed by atoms with Crippen LogP contribution >= 0.6 is 0 Å². The lowest BCUT2D eigenvalue weighted by atomic mass is 10.0. The van der Waals surface area contributed by atoms with Gasteiger partial charge in [0.05, 0.1) is 12.2 Å². The highest BCUT2D eigenvalue weighted by Crippen LogP contribution is 2.23. The smallest absolute Gasteiger partial charge is 0.220 e. The van der Waals surface area contributed by atoms with Crippen LogP contribution in [0.5, 0.6) is 0 Å². The standard InChI is InChI=1S/C24H28N2O2/c1-4-8-21(19-9-6-5-7-10-19)26-23(27)13-14-24-25-16-22(28-24)20-12-11-17(2)18(3)15-20/h5-7,9-12,15-16,21H,4,8,13-14H2,1-3H3,(H,26,27)/t21-/m0/s1. The normalized spacial score (nSPS) is 12.0. The largest absolute Gasteiger partial charge is 0.441 e. The van der Waals surface area contributed by atoms with Gasteiger partial charge in [0.2, 0.25) is 5.91 Å². The molecule has 1 N–H and O–H groups in total. The third kappa shape index (κ3) is 5.10. The molecule has 0 bridgehead atoms. The van der Waals surface area contributed by atoms with Crippen LogP contribution in [0.3, 0.4) is 0 Å². The van der Waals surface area contributed by atoms with E-state index < -0.39 is 0 Å². The van der Waals surface area contributed by atoms with Crippen LogP contribution < -0.4 is 5.32 Å². The fourth-order valence-electron chi connectivity index (χ4n) is 3.24. The van der Waals surface area contributed by atoms with E-state index in [0.717, 1.165) is 29.7 Å². The van der Waals surface area contributed by atoms with Gasteiger partial charge in [-0.15, -0.1) is 0 Å². The zero-order valence-electron chi connectivity index (χ0n) is 16.9. The molecule has 2 aromatic carbocycles. The first-order valence-electron chi connectivity index (χ1n) is 9.93. The van der Waals surface area contributed by atoms with Gasteiger partial charge in [-0.1, -0.05) is 55.8 Å². The fraction of sp³-hybridized carbons (Fsp3) is 0.333. The van der Waals surface area contributed by atoms with Gasteiger partial charge in [-0.05, 0) is 43.0 Å². The number of aromatic nitrogens is 1. The molecule has 1 amide bonds. The molecule has 3 aromatic rings. The Balaban J connectivity index is 1.58. The molecule has 0 aliphatic rings. The van der Waals surface area contributed by atoms with E-state index in [1.807, 2.05) is 24.3 Å². The van der Waals surface area contributed by atoms with Crippen molar-refractivity contribution in [3.63, 3.8) is 0 Å². The molecule has 0 saturated carbocycles. The van der Waals surface area contributed by atoms with E-state index in [0.29, 0.717) is 18.7 Å². The van der Waals surface area contributed by atoms with Crippen LogP contribution in [0.15, 0.2) is 59.1 Å². The molecule has 0 spiro atoms. The third-order valence-corrected chi connectivity index (χ3v) is 5.03. The minimum absolute atomic E-state index is 0.0215. The zero-order chi connectivity index (χ0) is 19.9. The lowest BCUT2D eigenvalue weighted by Crippen LogP contribution is -2.28. The maximum atomic E-state index is 12.5. The van der Waals surface area contributed by atoms with Gasteiger partial charge in [-0.3, -0.25) is 4.79 Å². The number of rotatable bonds is 8. The van der Waals surface area contributed by atoms with E-state index in [1.165, 1.54) is 11.1 Å². The molecule has 28 heavy (non-hydrogen) atoms. The van der Waals surface area contributed by atoms with E-state index >= 15 is 0 Å². The minimum Gasteiger partial charge on any atom is -0.441 e. The number of aryl methyl sites for hydroxylation is 3. The fourth-order valence-corrected chi connectivity index (χ4v) is 3.24. The summed E-state index contributed by atoms with van der Waals surface area (Å²) in [4.78, 5) is 16.8. The number of nitrogens with zero attached hydrogens (tertiary/aromatic N) is 1. The summed E-state index contributed by atoms with van der Waals surface area (Å²) in [5.74, 6) is 1.36. The van der Waals surface area contributed by atoms with Crippen molar-refractivity contribution in [3.8, 4) is 11.3 Å². The second-order valence-corrected chi connectivity index (χ2v) is 7.24. The van der Waals surface area contributed by atoms with Crippen molar-refractivity contribution in [1.82, 2.24) is 10.3 Å². The molecule has 0 fully saturated rings. The number of benzene rings is 2. The molecule has 4 nitrogen and oxygen atoms in total. The first kappa shape index (κ1) is 19.9. The van der Waals surface area contributed by atoms with Crippen LogP contribution in [0.2, 0.25) is 0 Å². The number of carbonyl (C=O) groups is 1. The SMILES string of the molecule is CCC[C@H](NC(=O)CCc1ncc(-c2ccc(C)c(C)c2)o1)c1ccccc1. The Bertz CT molecular complexity index is 915. The summed E-state index contributed by atoms with van der Waals surface area (Å²) in [6, 6.07) is 16.4. The minimum atomic E-state index is 0.0215. The second kappa shape index (κ2) is 9.36. The number of oxazole rings is 1. The van der Waals surface area contributed by atoms with Crippen molar-refractivity contribution in [2.24, 2.45) is 0 Å². The van der Waals surface area contributed by atoms with Crippen molar-refractivity contribution in [1.29, 1.82) is 0 Å². The van der Waals surface area contributed by atoms with Gasteiger partial charge in [0, 0.05) is 18.4 Å². The van der Waals surface area contributed by atoms with Crippen LogP contribution in [0.4, 0.5) is 0 Å². The number of carbonyl (C=O) groups excluding carboxylic acids is 1. The Morgan fingerprint density at radius 3 is 2.61 bits per heavy atom. The number of nitrogens with one attached hydrogen (secondary N) is 1. The van der Waals surface area contributed by atoms with Crippen LogP contribution in [0.25, 0.3) is 11.3 Å². The molecular formula is C24H28N2O2. The van der Waals surface area contributed by atoms with Crippen molar-refractivity contribution in [2.45, 2.75) is 52.5 Å². The van der Waals surface area contributed by atoms with Gasteiger partial charge in [-0.25, -0.2) is 4.98 Å². The lowest BCUT2D eigenvalue weighted by molar-refractivity contribution is -0.121. The van der Waals surface area contributed by atoms with Gasteiger partial charge in [0.15, 0.2) is 11.7 Å². The maximum absolute atomic E-state index is 12.5. The maximum Gasteiger partial charge on any atom is 0.220 e. The van der Waals surface area contributed by atoms with Crippen molar-refractivity contribution < 1.29 is 9.21 Å². The Labute approximate surface area is 167 Å². The first-order valence-corrected chi connectivity index (χ1v) is 9.93. The highest BCUT2D eigenvalue weighted by Gasteiger charge is 2.15. The molecular weight excluding hydrogens is 348 g/mol. The molecule has 0 saturated heterocycles. The topological polar surface area (TPSA) is 55.1 Å².